The fourth-order valence-electron chi connectivity index (χ4n) is 5.43. The van der Waals surface area contributed by atoms with E-state index in [0.717, 1.165) is 12.5 Å². The minimum absolute atomic E-state index is 0.364. The van der Waals surface area contributed by atoms with Gasteiger partial charge in [0.2, 0.25) is 0 Å². The van der Waals surface area contributed by atoms with Crippen LogP contribution in [0.1, 0.15) is 80.6 Å². The number of hydrogen-bond donors (Lipinski definition) is 0. The molecule has 0 amide bonds. The Balaban J connectivity index is 2.18. The first-order valence-electron chi connectivity index (χ1n) is 10.3. The lowest BCUT2D eigenvalue weighted by Gasteiger charge is -2.46. The van der Waals surface area contributed by atoms with Gasteiger partial charge in [-0.25, -0.2) is 0 Å². The van der Waals surface area contributed by atoms with Crippen molar-refractivity contribution >= 4 is 8.32 Å². The van der Waals surface area contributed by atoms with Gasteiger partial charge in [-0.2, -0.15) is 0 Å². The SMILES string of the molecule is CC(C)[Si](OC1=CCO[C@@H](C2CCCCC2)[C@@H]1C)(C(C)C)C(C)C. The molecule has 1 aliphatic carbocycles. The van der Waals surface area contributed by atoms with E-state index in [2.05, 4.69) is 54.5 Å². The minimum Gasteiger partial charge on any atom is -0.546 e. The lowest BCUT2D eigenvalue weighted by atomic mass is 9.79. The van der Waals surface area contributed by atoms with E-state index in [0.29, 0.717) is 28.6 Å². The van der Waals surface area contributed by atoms with Crippen molar-refractivity contribution in [2.24, 2.45) is 11.8 Å². The Bertz CT molecular complexity index is 400. The molecule has 140 valence electrons. The maximum Gasteiger partial charge on any atom is 0.258 e. The zero-order chi connectivity index (χ0) is 17.9. The van der Waals surface area contributed by atoms with Gasteiger partial charge in [-0.1, -0.05) is 67.7 Å². The molecule has 2 rings (SSSR count). The van der Waals surface area contributed by atoms with Crippen LogP contribution >= 0.6 is 0 Å². The van der Waals surface area contributed by atoms with Crippen LogP contribution in [0.2, 0.25) is 16.6 Å². The molecule has 0 aromatic carbocycles. The van der Waals surface area contributed by atoms with E-state index in [1.165, 1.54) is 37.9 Å². The molecule has 2 atom stereocenters. The third-order valence-electron chi connectivity index (χ3n) is 6.63. The van der Waals surface area contributed by atoms with Gasteiger partial charge in [-0.15, -0.1) is 0 Å². The van der Waals surface area contributed by atoms with E-state index in [9.17, 15) is 0 Å². The van der Waals surface area contributed by atoms with Crippen molar-refractivity contribution < 1.29 is 9.16 Å². The van der Waals surface area contributed by atoms with Crippen LogP contribution in [0.15, 0.2) is 11.8 Å². The van der Waals surface area contributed by atoms with Gasteiger partial charge in [0.05, 0.1) is 18.5 Å². The first-order chi connectivity index (χ1) is 11.3. The second kappa shape index (κ2) is 8.40. The van der Waals surface area contributed by atoms with E-state index in [-0.39, 0.29) is 0 Å². The molecule has 0 saturated heterocycles. The summed E-state index contributed by atoms with van der Waals surface area (Å²) in [7, 11) is -1.86. The Morgan fingerprint density at radius 1 is 0.958 bits per heavy atom. The van der Waals surface area contributed by atoms with Crippen LogP contribution in [0.25, 0.3) is 0 Å². The van der Waals surface area contributed by atoms with Gasteiger partial charge < -0.3 is 9.16 Å². The average Bonchev–Trinajstić information content (AvgIpc) is 2.53. The summed E-state index contributed by atoms with van der Waals surface area (Å²) < 4.78 is 13.2. The fourth-order valence-corrected chi connectivity index (χ4v) is 10.8. The predicted molar refractivity (Wildman–Crippen MR) is 106 cm³/mol. The number of ether oxygens (including phenoxy) is 1. The summed E-state index contributed by atoms with van der Waals surface area (Å²) >= 11 is 0. The lowest BCUT2D eigenvalue weighted by Crippen LogP contribution is -2.49. The third kappa shape index (κ3) is 3.93. The minimum atomic E-state index is -1.86. The molecule has 0 aromatic heterocycles. The van der Waals surface area contributed by atoms with Gasteiger partial charge in [-0.3, -0.25) is 0 Å². The van der Waals surface area contributed by atoms with Crippen LogP contribution in [0.3, 0.4) is 0 Å². The largest absolute Gasteiger partial charge is 0.546 e. The molecular weight excluding hydrogens is 312 g/mol. The van der Waals surface area contributed by atoms with Gasteiger partial charge in [0.15, 0.2) is 0 Å². The summed E-state index contributed by atoms with van der Waals surface area (Å²) in [5.74, 6) is 2.39. The highest BCUT2D eigenvalue weighted by Gasteiger charge is 2.48. The Kier molecular flexibility index (Phi) is 7.01. The maximum absolute atomic E-state index is 7.02. The topological polar surface area (TPSA) is 18.5 Å². The van der Waals surface area contributed by atoms with Gasteiger partial charge in [0.1, 0.15) is 0 Å². The van der Waals surface area contributed by atoms with E-state index in [1.807, 2.05) is 0 Å². The van der Waals surface area contributed by atoms with Gasteiger partial charge in [-0.05, 0) is 41.5 Å². The van der Waals surface area contributed by atoms with Gasteiger partial charge >= 0.3 is 0 Å². The molecule has 1 heterocycles. The molecule has 0 aromatic rings. The summed E-state index contributed by atoms with van der Waals surface area (Å²) in [5, 5.41) is 0. The van der Waals surface area contributed by atoms with Gasteiger partial charge in [0, 0.05) is 5.92 Å². The first-order valence-corrected chi connectivity index (χ1v) is 12.4. The average molecular weight is 353 g/mol. The zero-order valence-electron chi connectivity index (χ0n) is 17.1. The maximum atomic E-state index is 7.02. The second-order valence-corrected chi connectivity index (χ2v) is 14.4. The quantitative estimate of drug-likeness (QED) is 0.496. The molecule has 2 nitrogen and oxygen atoms in total. The summed E-state index contributed by atoms with van der Waals surface area (Å²) in [6, 6.07) is 0. The van der Waals surface area contributed by atoms with E-state index in [4.69, 9.17) is 9.16 Å². The van der Waals surface area contributed by atoms with Crippen molar-refractivity contribution in [2.75, 3.05) is 6.61 Å². The molecule has 3 heteroatoms. The second-order valence-electron chi connectivity index (χ2n) is 9.01. The molecular formula is C21H40O2Si. The van der Waals surface area contributed by atoms with E-state index in [1.54, 1.807) is 0 Å². The van der Waals surface area contributed by atoms with E-state index < -0.39 is 8.32 Å². The van der Waals surface area contributed by atoms with Crippen molar-refractivity contribution in [3.05, 3.63) is 11.8 Å². The van der Waals surface area contributed by atoms with Crippen LogP contribution in [-0.4, -0.2) is 21.0 Å². The molecule has 0 spiro atoms. The monoisotopic (exact) mass is 352 g/mol. The summed E-state index contributed by atoms with van der Waals surface area (Å²) in [5.41, 5.74) is 1.88. The van der Waals surface area contributed by atoms with Crippen molar-refractivity contribution in [1.29, 1.82) is 0 Å². The van der Waals surface area contributed by atoms with Crippen molar-refractivity contribution in [3.63, 3.8) is 0 Å². The molecule has 1 aliphatic heterocycles. The van der Waals surface area contributed by atoms with Crippen molar-refractivity contribution in [1.82, 2.24) is 0 Å². The fraction of sp³-hybridized carbons (Fsp3) is 0.905. The van der Waals surface area contributed by atoms with Crippen LogP contribution in [0.4, 0.5) is 0 Å². The van der Waals surface area contributed by atoms with Crippen molar-refractivity contribution in [2.45, 2.75) is 103 Å². The standard InChI is InChI=1S/C21H40O2Si/c1-15(2)24(16(3)4,17(5)6)23-20-13-14-22-21(18(20)7)19-11-9-8-10-12-19/h13,15-19,21H,8-12,14H2,1-7H3/t18-,21-/m1/s1. The number of rotatable bonds is 6. The normalized spacial score (nSPS) is 27.0. The summed E-state index contributed by atoms with van der Waals surface area (Å²) in [4.78, 5) is 0. The third-order valence-corrected chi connectivity index (χ3v) is 12.6. The Labute approximate surface area is 151 Å². The predicted octanol–water partition coefficient (Wildman–Crippen LogP) is 6.68. The highest BCUT2D eigenvalue weighted by molar-refractivity contribution is 6.77. The molecule has 1 fully saturated rings. The smallest absolute Gasteiger partial charge is 0.258 e. The molecule has 0 unspecified atom stereocenters. The summed E-state index contributed by atoms with van der Waals surface area (Å²) in [6.07, 6.45) is 9.43. The van der Waals surface area contributed by atoms with Crippen LogP contribution in [-0.2, 0) is 9.16 Å². The lowest BCUT2D eigenvalue weighted by molar-refractivity contribution is -0.0320. The Morgan fingerprint density at radius 3 is 2.00 bits per heavy atom. The molecule has 24 heavy (non-hydrogen) atoms. The Hall–Kier alpha value is -0.283. The molecule has 2 aliphatic rings. The van der Waals surface area contributed by atoms with Crippen LogP contribution in [0, 0.1) is 11.8 Å². The molecule has 0 radical (unpaired) electrons. The number of hydrogen-bond acceptors (Lipinski definition) is 2. The molecule has 0 N–H and O–H groups in total. The Morgan fingerprint density at radius 2 is 1.50 bits per heavy atom. The van der Waals surface area contributed by atoms with E-state index >= 15 is 0 Å². The first kappa shape index (κ1) is 20.0. The summed E-state index contributed by atoms with van der Waals surface area (Å²) in [6.45, 7) is 17.3. The molecule has 1 saturated carbocycles. The molecule has 0 bridgehead atoms. The highest BCUT2D eigenvalue weighted by Crippen LogP contribution is 2.46. The van der Waals surface area contributed by atoms with Crippen molar-refractivity contribution in [3.8, 4) is 0 Å². The van der Waals surface area contributed by atoms with Gasteiger partial charge in [0.25, 0.3) is 8.32 Å². The van der Waals surface area contributed by atoms with Crippen LogP contribution < -0.4 is 0 Å². The van der Waals surface area contributed by atoms with Crippen LogP contribution in [0.5, 0.6) is 0 Å². The highest BCUT2D eigenvalue weighted by atomic mass is 28.4. The zero-order valence-corrected chi connectivity index (χ0v) is 18.1.